The average Bonchev–Trinajstić information content (AvgIpc) is 2.64. The number of aromatic nitrogens is 3. The number of halogens is 4. The summed E-state index contributed by atoms with van der Waals surface area (Å²) in [6.07, 6.45) is -2.64. The summed E-state index contributed by atoms with van der Waals surface area (Å²) in [6, 6.07) is 9.99. The highest BCUT2D eigenvalue weighted by atomic mass is 35.5. The number of nitrogens with zero attached hydrogens (tertiary/aromatic N) is 3. The summed E-state index contributed by atoms with van der Waals surface area (Å²) in [6.45, 7) is 0. The zero-order chi connectivity index (χ0) is 19.4. The lowest BCUT2D eigenvalue weighted by molar-refractivity contribution is -0.137. The summed E-state index contributed by atoms with van der Waals surface area (Å²) in [4.78, 5) is 11.7. The first-order chi connectivity index (χ1) is 12.8. The monoisotopic (exact) mass is 395 g/mol. The van der Waals surface area contributed by atoms with Gasteiger partial charge in [0.1, 0.15) is 17.8 Å². The van der Waals surface area contributed by atoms with Crippen molar-refractivity contribution in [3.05, 3.63) is 59.5 Å². The van der Waals surface area contributed by atoms with Crippen molar-refractivity contribution in [2.45, 2.75) is 6.18 Å². The van der Waals surface area contributed by atoms with Crippen molar-refractivity contribution in [1.29, 1.82) is 0 Å². The van der Waals surface area contributed by atoms with Gasteiger partial charge in [-0.2, -0.15) is 13.2 Å². The molecule has 0 unspecified atom stereocenters. The van der Waals surface area contributed by atoms with Gasteiger partial charge in [-0.05, 0) is 18.2 Å². The second-order valence-corrected chi connectivity index (χ2v) is 5.68. The summed E-state index contributed by atoms with van der Waals surface area (Å²) in [7, 11) is 0. The molecule has 3 rings (SSSR count). The summed E-state index contributed by atoms with van der Waals surface area (Å²) in [5.74, 6) is 0.382. The van der Waals surface area contributed by atoms with Gasteiger partial charge < -0.3 is 11.1 Å². The Kier molecular flexibility index (Phi) is 5.17. The number of benzene rings is 1. The molecule has 0 radical (unpaired) electrons. The maximum atomic E-state index is 12.7. The quantitative estimate of drug-likeness (QED) is 0.477. The third kappa shape index (κ3) is 4.47. The lowest BCUT2D eigenvalue weighted by Crippen LogP contribution is -2.13. The molecule has 0 saturated heterocycles. The molecule has 3 aromatic rings. The molecule has 0 aliphatic heterocycles. The average molecular weight is 396 g/mol. The molecule has 1 aromatic carbocycles. The zero-order valence-electron chi connectivity index (χ0n) is 13.5. The largest absolute Gasteiger partial charge is 0.417 e. The number of nitrogens with two attached hydrogens (primary N) is 1. The number of nitrogens with one attached hydrogen (secondary N) is 3. The van der Waals surface area contributed by atoms with E-state index in [-0.39, 0.29) is 28.2 Å². The molecule has 0 spiro atoms. The van der Waals surface area contributed by atoms with Gasteiger partial charge in [-0.1, -0.05) is 29.8 Å². The number of pyridine rings is 1. The van der Waals surface area contributed by atoms with E-state index in [0.29, 0.717) is 6.20 Å². The highest BCUT2D eigenvalue weighted by Crippen LogP contribution is 2.34. The Bertz CT molecular complexity index is 935. The predicted octanol–water partition coefficient (Wildman–Crippen LogP) is 4.31. The molecule has 2 heterocycles. The molecule has 5 N–H and O–H groups in total. The molecule has 0 saturated carbocycles. The van der Waals surface area contributed by atoms with Gasteiger partial charge in [0.2, 0.25) is 0 Å². The zero-order valence-corrected chi connectivity index (χ0v) is 14.3. The number of alkyl halides is 3. The lowest BCUT2D eigenvalue weighted by Gasteiger charge is -2.14. The SMILES string of the molecule is Nc1c(NNc2ccccc2)ncnc1Nc1ncc(C(F)(F)F)cc1Cl. The number of hydrogen-bond acceptors (Lipinski definition) is 7. The summed E-state index contributed by atoms with van der Waals surface area (Å²) < 4.78 is 38.1. The van der Waals surface area contributed by atoms with E-state index in [0.717, 1.165) is 11.8 Å². The van der Waals surface area contributed by atoms with Crippen LogP contribution < -0.4 is 21.9 Å². The molecule has 0 atom stereocenters. The van der Waals surface area contributed by atoms with Crippen molar-refractivity contribution < 1.29 is 13.2 Å². The number of para-hydroxylation sites is 1. The van der Waals surface area contributed by atoms with E-state index in [2.05, 4.69) is 31.1 Å². The Morgan fingerprint density at radius 3 is 2.30 bits per heavy atom. The van der Waals surface area contributed by atoms with Gasteiger partial charge >= 0.3 is 6.18 Å². The van der Waals surface area contributed by atoms with Gasteiger partial charge in [-0.3, -0.25) is 10.9 Å². The van der Waals surface area contributed by atoms with Crippen LogP contribution in [0.2, 0.25) is 5.02 Å². The van der Waals surface area contributed by atoms with Crippen LogP contribution in [-0.4, -0.2) is 15.0 Å². The number of hydrogen-bond donors (Lipinski definition) is 4. The third-order valence-electron chi connectivity index (χ3n) is 3.39. The number of anilines is 5. The van der Waals surface area contributed by atoms with E-state index in [1.165, 1.54) is 6.33 Å². The van der Waals surface area contributed by atoms with E-state index in [1.807, 2.05) is 30.3 Å². The van der Waals surface area contributed by atoms with Crippen LogP contribution in [0, 0.1) is 0 Å². The maximum absolute atomic E-state index is 12.7. The first-order valence-corrected chi connectivity index (χ1v) is 7.89. The molecular formula is C16H13ClF3N7. The maximum Gasteiger partial charge on any atom is 0.417 e. The molecule has 11 heteroatoms. The Balaban J connectivity index is 1.78. The van der Waals surface area contributed by atoms with Crippen LogP contribution in [0.5, 0.6) is 0 Å². The summed E-state index contributed by atoms with van der Waals surface area (Å²) in [5.41, 5.74) is 11.7. The molecule has 0 aliphatic rings. The molecule has 7 nitrogen and oxygen atoms in total. The standard InChI is InChI=1S/C16H13ClF3N7/c17-11-6-9(16(18,19)20)7-22-13(11)25-14-12(21)15(24-8-23-14)27-26-10-4-2-1-3-5-10/h1-8,26H,21H2,(H2,22,23,24,25,27). The lowest BCUT2D eigenvalue weighted by atomic mass is 10.3. The number of rotatable bonds is 5. The molecule has 0 aliphatic carbocycles. The van der Waals surface area contributed by atoms with Crippen LogP contribution in [-0.2, 0) is 6.18 Å². The van der Waals surface area contributed by atoms with Crippen molar-refractivity contribution in [2.24, 2.45) is 0 Å². The topological polar surface area (TPSA) is 101 Å². The van der Waals surface area contributed by atoms with Gasteiger partial charge in [-0.15, -0.1) is 0 Å². The Morgan fingerprint density at radius 2 is 1.63 bits per heavy atom. The van der Waals surface area contributed by atoms with Crippen molar-refractivity contribution in [3.8, 4) is 0 Å². The molecule has 2 aromatic heterocycles. The predicted molar refractivity (Wildman–Crippen MR) is 97.7 cm³/mol. The smallest absolute Gasteiger partial charge is 0.393 e. The molecule has 0 bridgehead atoms. The highest BCUT2D eigenvalue weighted by Gasteiger charge is 2.31. The Labute approximate surface area is 156 Å². The van der Waals surface area contributed by atoms with Crippen LogP contribution in [0.4, 0.5) is 42.0 Å². The second-order valence-electron chi connectivity index (χ2n) is 5.28. The fraction of sp³-hybridized carbons (Fsp3) is 0.0625. The van der Waals surface area contributed by atoms with Crippen molar-refractivity contribution in [3.63, 3.8) is 0 Å². The van der Waals surface area contributed by atoms with E-state index >= 15 is 0 Å². The van der Waals surface area contributed by atoms with Crippen LogP contribution in [0.1, 0.15) is 5.56 Å². The van der Waals surface area contributed by atoms with Crippen molar-refractivity contribution in [1.82, 2.24) is 15.0 Å². The minimum absolute atomic E-state index is 0.0166. The van der Waals surface area contributed by atoms with Gasteiger partial charge in [0.25, 0.3) is 0 Å². The summed E-state index contributed by atoms with van der Waals surface area (Å²) in [5, 5.41) is 2.48. The normalized spacial score (nSPS) is 11.1. The number of nitrogen functional groups attached to an aromatic ring is 1. The molecule has 140 valence electrons. The van der Waals surface area contributed by atoms with Gasteiger partial charge in [0.15, 0.2) is 11.6 Å². The molecular weight excluding hydrogens is 383 g/mol. The van der Waals surface area contributed by atoms with Gasteiger partial charge in [0, 0.05) is 6.20 Å². The Hall–Kier alpha value is -3.27. The fourth-order valence-corrected chi connectivity index (χ4v) is 2.26. The minimum atomic E-state index is -4.54. The van der Waals surface area contributed by atoms with E-state index < -0.39 is 11.7 Å². The van der Waals surface area contributed by atoms with Crippen molar-refractivity contribution >= 4 is 40.4 Å². The van der Waals surface area contributed by atoms with Crippen LogP contribution >= 0.6 is 11.6 Å². The highest BCUT2D eigenvalue weighted by molar-refractivity contribution is 6.33. The van der Waals surface area contributed by atoms with E-state index in [4.69, 9.17) is 17.3 Å². The van der Waals surface area contributed by atoms with Crippen LogP contribution in [0.15, 0.2) is 48.9 Å². The fourth-order valence-electron chi connectivity index (χ4n) is 2.04. The second kappa shape index (κ2) is 7.54. The first-order valence-electron chi connectivity index (χ1n) is 7.52. The Morgan fingerprint density at radius 1 is 0.926 bits per heavy atom. The van der Waals surface area contributed by atoms with Gasteiger partial charge in [0.05, 0.1) is 16.3 Å². The third-order valence-corrected chi connectivity index (χ3v) is 3.68. The van der Waals surface area contributed by atoms with E-state index in [1.54, 1.807) is 0 Å². The van der Waals surface area contributed by atoms with Crippen LogP contribution in [0.25, 0.3) is 0 Å². The number of hydrazine groups is 1. The van der Waals surface area contributed by atoms with Crippen LogP contribution in [0.3, 0.4) is 0 Å². The molecule has 0 fully saturated rings. The summed E-state index contributed by atoms with van der Waals surface area (Å²) >= 11 is 5.88. The van der Waals surface area contributed by atoms with Crippen molar-refractivity contribution in [2.75, 3.05) is 21.9 Å². The van der Waals surface area contributed by atoms with Gasteiger partial charge in [-0.25, -0.2) is 15.0 Å². The molecule has 0 amide bonds. The molecule has 27 heavy (non-hydrogen) atoms. The van der Waals surface area contributed by atoms with E-state index in [9.17, 15) is 13.2 Å². The minimum Gasteiger partial charge on any atom is -0.393 e. The first kappa shape index (κ1) is 18.5.